The van der Waals surface area contributed by atoms with E-state index in [2.05, 4.69) is 0 Å². The van der Waals surface area contributed by atoms with Crippen molar-refractivity contribution in [1.29, 1.82) is 0 Å². The molecule has 0 bridgehead atoms. The molecule has 2 aromatic rings. The number of piperidine rings is 1. The van der Waals surface area contributed by atoms with E-state index in [0.29, 0.717) is 22.8 Å². The molecule has 0 unspecified atom stereocenters. The lowest BCUT2D eigenvalue weighted by atomic mass is 10.2. The summed E-state index contributed by atoms with van der Waals surface area (Å²) in [4.78, 5) is 0.243. The number of ether oxygens (including phenoxy) is 1. The van der Waals surface area contributed by atoms with Gasteiger partial charge in [0.25, 0.3) is 10.0 Å². The Kier molecular flexibility index (Phi) is 5.19. The first-order valence-electron chi connectivity index (χ1n) is 7.77. The number of sulfonamides is 1. The van der Waals surface area contributed by atoms with Gasteiger partial charge in [-0.05, 0) is 48.6 Å². The van der Waals surface area contributed by atoms with E-state index in [1.165, 1.54) is 34.9 Å². The first-order valence-corrected chi connectivity index (χ1v) is 11.6. The summed E-state index contributed by atoms with van der Waals surface area (Å²) in [5, 5.41) is 1.14. The van der Waals surface area contributed by atoms with Crippen LogP contribution >= 0.6 is 11.3 Å². The maximum absolute atomic E-state index is 12.8. The van der Waals surface area contributed by atoms with E-state index >= 15 is 0 Å². The van der Waals surface area contributed by atoms with E-state index in [-0.39, 0.29) is 18.0 Å². The maximum atomic E-state index is 12.8. The summed E-state index contributed by atoms with van der Waals surface area (Å²) in [6.45, 7) is 0.417. The van der Waals surface area contributed by atoms with Gasteiger partial charge in [0, 0.05) is 13.1 Å². The predicted molar refractivity (Wildman–Crippen MR) is 96.3 cm³/mol. The lowest BCUT2D eigenvalue weighted by Crippen LogP contribution is -2.42. The number of benzene rings is 1. The topological polar surface area (TPSA) is 80.8 Å². The fraction of sp³-hybridized carbons (Fsp3) is 0.375. The molecule has 2 heterocycles. The molecule has 0 N–H and O–H groups in total. The van der Waals surface area contributed by atoms with Gasteiger partial charge < -0.3 is 4.74 Å². The Morgan fingerprint density at radius 1 is 1.04 bits per heavy atom. The number of nitrogens with zero attached hydrogens (tertiary/aromatic N) is 1. The highest BCUT2D eigenvalue weighted by Gasteiger charge is 2.36. The van der Waals surface area contributed by atoms with Gasteiger partial charge in [0.2, 0.25) is 0 Å². The summed E-state index contributed by atoms with van der Waals surface area (Å²) < 4.78 is 57.3. The molecular formula is C16H19NO5S3. The highest BCUT2D eigenvalue weighted by molar-refractivity contribution is 7.92. The quantitative estimate of drug-likeness (QED) is 0.768. The highest BCUT2D eigenvalue weighted by atomic mass is 32.2. The molecule has 0 spiro atoms. The molecule has 0 aliphatic carbocycles. The van der Waals surface area contributed by atoms with Crippen LogP contribution in [0.5, 0.6) is 5.75 Å². The Balaban J connectivity index is 1.73. The minimum Gasteiger partial charge on any atom is -0.497 e. The van der Waals surface area contributed by atoms with Crippen LogP contribution in [0.1, 0.15) is 12.8 Å². The average molecular weight is 402 g/mol. The van der Waals surface area contributed by atoms with Gasteiger partial charge in [-0.1, -0.05) is 6.07 Å². The number of methoxy groups -OCH3 is 1. The molecule has 9 heteroatoms. The van der Waals surface area contributed by atoms with Crippen LogP contribution in [0.4, 0.5) is 0 Å². The molecule has 0 saturated carbocycles. The van der Waals surface area contributed by atoms with Crippen LogP contribution in [0.3, 0.4) is 0 Å². The van der Waals surface area contributed by atoms with Crippen molar-refractivity contribution in [3.05, 3.63) is 41.8 Å². The van der Waals surface area contributed by atoms with Crippen LogP contribution in [0.2, 0.25) is 0 Å². The lowest BCUT2D eigenvalue weighted by Gasteiger charge is -2.30. The van der Waals surface area contributed by atoms with E-state index < -0.39 is 25.1 Å². The number of sulfone groups is 1. The molecule has 1 saturated heterocycles. The Hall–Kier alpha value is -1.42. The monoisotopic (exact) mass is 401 g/mol. The fourth-order valence-electron chi connectivity index (χ4n) is 2.88. The lowest BCUT2D eigenvalue weighted by molar-refractivity contribution is 0.346. The minimum absolute atomic E-state index is 0.209. The maximum Gasteiger partial charge on any atom is 0.252 e. The van der Waals surface area contributed by atoms with Gasteiger partial charge >= 0.3 is 0 Å². The zero-order chi connectivity index (χ0) is 18.1. The van der Waals surface area contributed by atoms with E-state index in [0.717, 1.165) is 0 Å². The second-order valence-corrected chi connectivity index (χ2v) is 11.1. The molecule has 1 aliphatic heterocycles. The number of hydrogen-bond donors (Lipinski definition) is 0. The summed E-state index contributed by atoms with van der Waals surface area (Å²) in [6.07, 6.45) is 0.581. The second-order valence-electron chi connectivity index (χ2n) is 5.76. The van der Waals surface area contributed by atoms with Crippen LogP contribution in [0, 0.1) is 0 Å². The first-order chi connectivity index (χ1) is 11.9. The largest absolute Gasteiger partial charge is 0.497 e. The van der Waals surface area contributed by atoms with Gasteiger partial charge in [-0.15, -0.1) is 11.3 Å². The van der Waals surface area contributed by atoms with Gasteiger partial charge in [0.05, 0.1) is 17.3 Å². The standard InChI is InChI=1S/C16H19NO5S3/c1-22-13-4-6-14(7-5-13)24(18,19)15-8-10-17(11-9-15)25(20,21)16-3-2-12-23-16/h2-7,12,15H,8-11H2,1H3. The van der Waals surface area contributed by atoms with Crippen LogP contribution in [0.25, 0.3) is 0 Å². The molecule has 136 valence electrons. The van der Waals surface area contributed by atoms with E-state index in [9.17, 15) is 16.8 Å². The minimum atomic E-state index is -3.52. The van der Waals surface area contributed by atoms with Crippen LogP contribution < -0.4 is 4.74 Å². The summed E-state index contributed by atoms with van der Waals surface area (Å²) in [6, 6.07) is 9.55. The normalized spacial score (nSPS) is 17.5. The van der Waals surface area contributed by atoms with Crippen LogP contribution in [-0.4, -0.2) is 46.6 Å². The van der Waals surface area contributed by atoms with Gasteiger partial charge in [0.1, 0.15) is 9.96 Å². The van der Waals surface area contributed by atoms with E-state index in [1.807, 2.05) is 0 Å². The van der Waals surface area contributed by atoms with Crippen molar-refractivity contribution in [1.82, 2.24) is 4.31 Å². The zero-order valence-electron chi connectivity index (χ0n) is 13.7. The van der Waals surface area contributed by atoms with Crippen molar-refractivity contribution in [3.63, 3.8) is 0 Å². The molecule has 1 aliphatic rings. The summed E-state index contributed by atoms with van der Waals surface area (Å²) in [7, 11) is -5.48. The molecule has 6 nitrogen and oxygen atoms in total. The molecule has 0 radical (unpaired) electrons. The van der Waals surface area contributed by atoms with Crippen molar-refractivity contribution in [2.75, 3.05) is 20.2 Å². The molecule has 1 fully saturated rings. The van der Waals surface area contributed by atoms with Crippen molar-refractivity contribution in [2.45, 2.75) is 27.2 Å². The molecule has 0 atom stereocenters. The summed E-state index contributed by atoms with van der Waals surface area (Å²) in [5.74, 6) is 0.593. The third-order valence-electron chi connectivity index (χ3n) is 4.32. The van der Waals surface area contributed by atoms with Crippen molar-refractivity contribution >= 4 is 31.2 Å². The average Bonchev–Trinajstić information content (AvgIpc) is 3.17. The van der Waals surface area contributed by atoms with Gasteiger partial charge in [-0.3, -0.25) is 0 Å². The molecule has 25 heavy (non-hydrogen) atoms. The zero-order valence-corrected chi connectivity index (χ0v) is 16.1. The molecule has 1 aromatic carbocycles. The summed E-state index contributed by atoms with van der Waals surface area (Å²) >= 11 is 1.17. The summed E-state index contributed by atoms with van der Waals surface area (Å²) in [5.41, 5.74) is 0. The van der Waals surface area contributed by atoms with Gasteiger partial charge in [0.15, 0.2) is 9.84 Å². The smallest absolute Gasteiger partial charge is 0.252 e. The Labute approximate surface area is 152 Å². The van der Waals surface area contributed by atoms with Crippen molar-refractivity contribution in [2.24, 2.45) is 0 Å². The third kappa shape index (κ3) is 3.59. The Morgan fingerprint density at radius 3 is 2.20 bits per heavy atom. The van der Waals surface area contributed by atoms with Crippen LogP contribution in [-0.2, 0) is 19.9 Å². The molecule has 1 aromatic heterocycles. The third-order valence-corrected chi connectivity index (χ3v) is 9.87. The number of rotatable bonds is 5. The fourth-order valence-corrected chi connectivity index (χ4v) is 7.22. The second kappa shape index (κ2) is 7.06. The first kappa shape index (κ1) is 18.4. The van der Waals surface area contributed by atoms with E-state index in [4.69, 9.17) is 4.74 Å². The van der Waals surface area contributed by atoms with Gasteiger partial charge in [-0.2, -0.15) is 4.31 Å². The van der Waals surface area contributed by atoms with E-state index in [1.54, 1.807) is 29.6 Å². The Morgan fingerprint density at radius 2 is 1.68 bits per heavy atom. The molecule has 3 rings (SSSR count). The SMILES string of the molecule is COc1ccc(S(=O)(=O)C2CCN(S(=O)(=O)c3cccs3)CC2)cc1. The number of hydrogen-bond acceptors (Lipinski definition) is 6. The number of thiophene rings is 1. The molecule has 0 amide bonds. The Bertz CT molecular complexity index is 911. The van der Waals surface area contributed by atoms with Crippen molar-refractivity contribution in [3.8, 4) is 5.75 Å². The van der Waals surface area contributed by atoms with Crippen molar-refractivity contribution < 1.29 is 21.6 Å². The van der Waals surface area contributed by atoms with Gasteiger partial charge in [-0.25, -0.2) is 16.8 Å². The predicted octanol–water partition coefficient (Wildman–Crippen LogP) is 2.38. The highest BCUT2D eigenvalue weighted by Crippen LogP contribution is 2.29. The van der Waals surface area contributed by atoms with Crippen LogP contribution in [0.15, 0.2) is 50.9 Å². The molecular weight excluding hydrogens is 382 g/mol.